The number of hydrogen-bond acceptors (Lipinski definition) is 1. The Hall–Kier alpha value is -6.90. The fourth-order valence-corrected chi connectivity index (χ4v) is 8.92. The number of rotatable bonds is 14. The van der Waals surface area contributed by atoms with Crippen molar-refractivity contribution in [1.82, 2.24) is 4.57 Å². The van der Waals surface area contributed by atoms with E-state index in [-0.39, 0.29) is 0 Å². The Morgan fingerprint density at radius 3 is 2.33 bits per heavy atom. The minimum atomic E-state index is 0.434. The maximum Gasteiger partial charge on any atom is 0.0544 e. The highest BCUT2D eigenvalue weighted by molar-refractivity contribution is 6.15. The van der Waals surface area contributed by atoms with Crippen LogP contribution in [-0.2, 0) is 0 Å². The Kier molecular flexibility index (Phi) is 12.4. The summed E-state index contributed by atoms with van der Waals surface area (Å²) in [5, 5.41) is 2.58. The molecule has 302 valence electrons. The number of fused-ring (bicyclic) bond motifs is 4. The highest BCUT2D eigenvalue weighted by Gasteiger charge is 2.32. The average Bonchev–Trinajstić information content (AvgIpc) is 4.03. The van der Waals surface area contributed by atoms with Gasteiger partial charge in [0, 0.05) is 45.9 Å². The summed E-state index contributed by atoms with van der Waals surface area (Å²) in [6, 6.07) is 41.8. The van der Waals surface area contributed by atoms with Crippen molar-refractivity contribution in [2.24, 2.45) is 5.92 Å². The van der Waals surface area contributed by atoms with E-state index in [1.165, 1.54) is 57.0 Å². The summed E-state index contributed by atoms with van der Waals surface area (Å²) in [7, 11) is 0. The van der Waals surface area contributed by atoms with Crippen LogP contribution in [0, 0.1) is 5.92 Å². The van der Waals surface area contributed by atoms with Gasteiger partial charge >= 0.3 is 0 Å². The van der Waals surface area contributed by atoms with Crippen LogP contribution in [0.5, 0.6) is 0 Å². The molecule has 2 aliphatic carbocycles. The second kappa shape index (κ2) is 18.6. The molecule has 8 rings (SSSR count). The van der Waals surface area contributed by atoms with E-state index in [2.05, 4.69) is 232 Å². The minimum Gasteiger partial charge on any atom is -0.337 e. The topological polar surface area (TPSA) is 8.17 Å². The van der Waals surface area contributed by atoms with Crippen LogP contribution in [0.15, 0.2) is 200 Å². The number of anilines is 1. The third-order valence-electron chi connectivity index (χ3n) is 12.0. The van der Waals surface area contributed by atoms with Gasteiger partial charge < -0.3 is 9.47 Å². The molecular formula is C59H56N2. The molecule has 6 aromatic rings. The van der Waals surface area contributed by atoms with Gasteiger partial charge in [-0.3, -0.25) is 0 Å². The number of hydrogen-bond donors (Lipinski definition) is 0. The standard InChI is InChI=1S/C59H56N2/c1-7-11-13-23-44-32-37-53-58(40-44)61(56-30-19-17-27-48-41-54(48)56)57-31-20-29-50(59(53)57)42(5)38-39-60(55(10-4)52(22-9-3)47-24-14-12-15-25-47)49-35-33-45(34-36-49)43(6)51-28-18-16-26-46(51)21-8-2/h7-16,18,20-26,28-38,40-41,54H,4,6,17,19,27,39H2,1-3,5H3/b11-7-,21-8-,22-9-,23-13-,42-38+,55-52-. The fourth-order valence-electron chi connectivity index (χ4n) is 8.92. The molecule has 2 nitrogen and oxygen atoms in total. The van der Waals surface area contributed by atoms with Gasteiger partial charge in [-0.15, -0.1) is 0 Å². The molecule has 0 bridgehead atoms. The van der Waals surface area contributed by atoms with Gasteiger partial charge in [-0.25, -0.2) is 0 Å². The quantitative estimate of drug-likeness (QED) is 0.0788. The van der Waals surface area contributed by atoms with Gasteiger partial charge in [-0.2, -0.15) is 0 Å². The number of aromatic nitrogens is 1. The molecule has 1 atom stereocenters. The van der Waals surface area contributed by atoms with Crippen LogP contribution in [0.3, 0.4) is 0 Å². The first-order valence-electron chi connectivity index (χ1n) is 21.7. The Labute approximate surface area is 363 Å². The molecule has 1 aromatic heterocycles. The van der Waals surface area contributed by atoms with E-state index in [0.717, 1.165) is 51.2 Å². The monoisotopic (exact) mass is 792 g/mol. The van der Waals surface area contributed by atoms with Crippen molar-refractivity contribution >= 4 is 62.1 Å². The Morgan fingerprint density at radius 2 is 1.56 bits per heavy atom. The predicted molar refractivity (Wildman–Crippen MR) is 268 cm³/mol. The summed E-state index contributed by atoms with van der Waals surface area (Å²) >= 11 is 0. The van der Waals surface area contributed by atoms with Crippen molar-refractivity contribution in [2.45, 2.75) is 47.0 Å². The highest BCUT2D eigenvalue weighted by atomic mass is 15.1. The van der Waals surface area contributed by atoms with Crippen LogP contribution >= 0.6 is 0 Å². The van der Waals surface area contributed by atoms with E-state index in [1.807, 2.05) is 6.08 Å². The lowest BCUT2D eigenvalue weighted by atomic mass is 9.94. The third kappa shape index (κ3) is 8.45. The van der Waals surface area contributed by atoms with E-state index in [0.29, 0.717) is 12.5 Å². The summed E-state index contributed by atoms with van der Waals surface area (Å²) in [6.07, 6.45) is 29.9. The van der Waals surface area contributed by atoms with Gasteiger partial charge in [-0.05, 0) is 122 Å². The Morgan fingerprint density at radius 1 is 0.770 bits per heavy atom. The van der Waals surface area contributed by atoms with E-state index < -0.39 is 0 Å². The highest BCUT2D eigenvalue weighted by Crippen LogP contribution is 2.47. The fraction of sp³-hybridized carbons (Fsp3) is 0.153. The molecule has 61 heavy (non-hydrogen) atoms. The van der Waals surface area contributed by atoms with Crippen molar-refractivity contribution < 1.29 is 0 Å². The van der Waals surface area contributed by atoms with Crippen LogP contribution in [0.4, 0.5) is 5.69 Å². The zero-order valence-corrected chi connectivity index (χ0v) is 36.1. The number of benzene rings is 5. The van der Waals surface area contributed by atoms with Crippen molar-refractivity contribution in [3.8, 4) is 0 Å². The molecule has 0 saturated carbocycles. The molecule has 1 unspecified atom stereocenters. The van der Waals surface area contributed by atoms with Crippen LogP contribution in [0.1, 0.15) is 80.3 Å². The molecule has 0 fully saturated rings. The molecule has 0 N–H and O–H groups in total. The van der Waals surface area contributed by atoms with Gasteiger partial charge in [0.25, 0.3) is 0 Å². The predicted octanol–water partition coefficient (Wildman–Crippen LogP) is 16.1. The molecule has 0 saturated heterocycles. The zero-order chi connectivity index (χ0) is 42.3. The molecule has 2 heteroatoms. The Bertz CT molecular complexity index is 2860. The SMILES string of the molecule is C=C/C(=C(\C=C/C)c1ccccc1)N(C/C=C(\C)c1cccc2c1c1ccc(/C=C\C=C/C)cc1n2C1=CCCCC2=CC21)c1ccc(C(=C)c2ccccc2/C=C\C)cc1. The van der Waals surface area contributed by atoms with Crippen molar-refractivity contribution in [3.05, 3.63) is 234 Å². The second-order valence-electron chi connectivity index (χ2n) is 15.9. The lowest BCUT2D eigenvalue weighted by molar-refractivity contribution is 0.853. The van der Waals surface area contributed by atoms with E-state index in [4.69, 9.17) is 0 Å². The van der Waals surface area contributed by atoms with Crippen LogP contribution in [-0.4, -0.2) is 11.1 Å². The summed E-state index contributed by atoms with van der Waals surface area (Å²) in [6.45, 7) is 18.1. The van der Waals surface area contributed by atoms with Gasteiger partial charge in [0.1, 0.15) is 0 Å². The Balaban J connectivity index is 1.24. The third-order valence-corrected chi connectivity index (χ3v) is 12.0. The largest absolute Gasteiger partial charge is 0.337 e. The van der Waals surface area contributed by atoms with Gasteiger partial charge in [0.2, 0.25) is 0 Å². The molecule has 2 aliphatic rings. The lowest BCUT2D eigenvalue weighted by Crippen LogP contribution is -2.23. The summed E-state index contributed by atoms with van der Waals surface area (Å²) in [5.41, 5.74) is 18.0. The number of nitrogens with zero attached hydrogens (tertiary/aromatic N) is 2. The maximum absolute atomic E-state index is 4.55. The molecule has 0 aliphatic heterocycles. The molecule has 0 radical (unpaired) electrons. The molecule has 0 amide bonds. The van der Waals surface area contributed by atoms with Crippen LogP contribution < -0.4 is 4.90 Å². The number of allylic oxidation sites excluding steroid dienone is 13. The van der Waals surface area contributed by atoms with E-state index in [1.54, 1.807) is 5.57 Å². The van der Waals surface area contributed by atoms with Crippen LogP contribution in [0.25, 0.3) is 56.4 Å². The molecule has 1 heterocycles. The van der Waals surface area contributed by atoms with Gasteiger partial charge in [0.15, 0.2) is 0 Å². The first-order chi connectivity index (χ1) is 29.9. The van der Waals surface area contributed by atoms with E-state index >= 15 is 0 Å². The first kappa shape index (κ1) is 40.9. The van der Waals surface area contributed by atoms with E-state index in [9.17, 15) is 0 Å². The zero-order valence-electron chi connectivity index (χ0n) is 36.1. The average molecular weight is 793 g/mol. The lowest BCUT2D eigenvalue weighted by Gasteiger charge is -2.28. The van der Waals surface area contributed by atoms with Crippen molar-refractivity contribution in [3.63, 3.8) is 0 Å². The smallest absolute Gasteiger partial charge is 0.0544 e. The van der Waals surface area contributed by atoms with Crippen LogP contribution in [0.2, 0.25) is 0 Å². The molecule has 0 spiro atoms. The minimum absolute atomic E-state index is 0.434. The first-order valence-corrected chi connectivity index (χ1v) is 21.7. The summed E-state index contributed by atoms with van der Waals surface area (Å²) < 4.78 is 2.56. The van der Waals surface area contributed by atoms with Gasteiger partial charge in [-0.1, -0.05) is 177 Å². The van der Waals surface area contributed by atoms with Crippen molar-refractivity contribution in [1.29, 1.82) is 0 Å². The second-order valence-corrected chi connectivity index (χ2v) is 15.9. The summed E-state index contributed by atoms with van der Waals surface area (Å²) in [4.78, 5) is 2.39. The van der Waals surface area contributed by atoms with Gasteiger partial charge in [0.05, 0.1) is 11.0 Å². The molecular weight excluding hydrogens is 737 g/mol. The van der Waals surface area contributed by atoms with Crippen molar-refractivity contribution in [2.75, 3.05) is 11.4 Å². The normalized spacial score (nSPS) is 16.0. The molecule has 5 aromatic carbocycles. The maximum atomic E-state index is 4.55. The summed E-state index contributed by atoms with van der Waals surface area (Å²) in [5.74, 6) is 0.434.